The molecule has 0 heterocycles. The molecule has 0 aromatic heterocycles. The highest BCUT2D eigenvalue weighted by Crippen LogP contribution is 2.15. The van der Waals surface area contributed by atoms with Gasteiger partial charge in [0.15, 0.2) is 0 Å². The molecule has 0 N–H and O–H groups in total. The van der Waals surface area contributed by atoms with Crippen molar-refractivity contribution < 1.29 is 9.90 Å². The van der Waals surface area contributed by atoms with E-state index in [1.165, 1.54) is 0 Å². The van der Waals surface area contributed by atoms with Crippen LogP contribution in [0.2, 0.25) is 0 Å². The summed E-state index contributed by atoms with van der Waals surface area (Å²) in [6.07, 6.45) is 0. The molecule has 0 unspecified atom stereocenters. The number of carbonyl (C=O) groups is 1. The summed E-state index contributed by atoms with van der Waals surface area (Å²) in [6.45, 7) is 5.26. The molecular formula is C10H9O2-. The minimum absolute atomic E-state index is 0.0353. The lowest BCUT2D eigenvalue weighted by Crippen LogP contribution is -2.23. The number of benzene rings is 1. The molecule has 0 amide bonds. The third-order valence-electron chi connectivity index (χ3n) is 1.72. The molecule has 0 aliphatic rings. The van der Waals surface area contributed by atoms with Crippen LogP contribution in [0.5, 0.6) is 0 Å². The molecule has 2 nitrogen and oxygen atoms in total. The molecule has 1 aromatic rings. The van der Waals surface area contributed by atoms with E-state index in [-0.39, 0.29) is 5.57 Å². The molecule has 0 atom stereocenters. The van der Waals surface area contributed by atoms with Gasteiger partial charge in [0, 0.05) is 0 Å². The Morgan fingerprint density at radius 3 is 2.50 bits per heavy atom. The molecule has 0 fully saturated rings. The van der Waals surface area contributed by atoms with Gasteiger partial charge in [-0.1, -0.05) is 30.8 Å². The van der Waals surface area contributed by atoms with E-state index in [1.54, 1.807) is 12.1 Å². The number of hydrogen-bond acceptors (Lipinski definition) is 2. The third kappa shape index (κ3) is 1.53. The topological polar surface area (TPSA) is 40.1 Å². The smallest absolute Gasteiger partial charge is 0.0715 e. The molecule has 0 aliphatic heterocycles. The lowest BCUT2D eigenvalue weighted by atomic mass is 10.0. The number of aliphatic carboxylic acids is 1. The normalized spacial score (nSPS) is 9.42. The predicted octanol–water partition coefficient (Wildman–Crippen LogP) is 0.758. The van der Waals surface area contributed by atoms with Crippen LogP contribution in [-0.2, 0) is 4.79 Å². The molecule has 0 aliphatic carbocycles. The van der Waals surface area contributed by atoms with Crippen molar-refractivity contribution in [3.63, 3.8) is 0 Å². The Hall–Kier alpha value is -1.57. The van der Waals surface area contributed by atoms with E-state index in [1.807, 2.05) is 19.1 Å². The van der Waals surface area contributed by atoms with Gasteiger partial charge in [0.1, 0.15) is 0 Å². The Kier molecular flexibility index (Phi) is 2.29. The van der Waals surface area contributed by atoms with E-state index >= 15 is 0 Å². The fourth-order valence-electron chi connectivity index (χ4n) is 1.02. The van der Waals surface area contributed by atoms with Crippen molar-refractivity contribution in [2.75, 3.05) is 0 Å². The van der Waals surface area contributed by atoms with Crippen LogP contribution in [0, 0.1) is 6.92 Å². The largest absolute Gasteiger partial charge is 0.545 e. The lowest BCUT2D eigenvalue weighted by molar-refractivity contribution is -0.295. The van der Waals surface area contributed by atoms with E-state index < -0.39 is 5.97 Å². The minimum atomic E-state index is -1.22. The van der Waals surface area contributed by atoms with Gasteiger partial charge in [0.25, 0.3) is 0 Å². The monoisotopic (exact) mass is 161 g/mol. The zero-order valence-electron chi connectivity index (χ0n) is 6.83. The van der Waals surface area contributed by atoms with Crippen LogP contribution in [0.25, 0.3) is 5.57 Å². The predicted molar refractivity (Wildman–Crippen MR) is 45.2 cm³/mol. The van der Waals surface area contributed by atoms with Gasteiger partial charge in [-0.15, -0.1) is 0 Å². The summed E-state index contributed by atoms with van der Waals surface area (Å²) in [5.74, 6) is -1.22. The van der Waals surface area contributed by atoms with Crippen LogP contribution >= 0.6 is 0 Å². The Balaban J connectivity index is 3.11. The number of carboxylic acid groups (broad SMARTS) is 1. The lowest BCUT2D eigenvalue weighted by Gasteiger charge is -2.08. The average molecular weight is 161 g/mol. The summed E-state index contributed by atoms with van der Waals surface area (Å²) < 4.78 is 0. The summed E-state index contributed by atoms with van der Waals surface area (Å²) >= 11 is 0. The van der Waals surface area contributed by atoms with E-state index in [9.17, 15) is 9.90 Å². The van der Waals surface area contributed by atoms with Crippen LogP contribution < -0.4 is 5.11 Å². The maximum absolute atomic E-state index is 10.4. The van der Waals surface area contributed by atoms with E-state index in [0.717, 1.165) is 5.56 Å². The molecule has 0 saturated carbocycles. The van der Waals surface area contributed by atoms with Crippen molar-refractivity contribution in [3.05, 3.63) is 42.0 Å². The molecule has 2 heteroatoms. The second kappa shape index (κ2) is 3.22. The highest BCUT2D eigenvalue weighted by atomic mass is 16.4. The molecule has 0 radical (unpaired) electrons. The maximum atomic E-state index is 10.4. The van der Waals surface area contributed by atoms with Crippen molar-refractivity contribution in [3.8, 4) is 0 Å². The average Bonchev–Trinajstić information content (AvgIpc) is 2.04. The van der Waals surface area contributed by atoms with E-state index in [0.29, 0.717) is 5.56 Å². The maximum Gasteiger partial charge on any atom is 0.0715 e. The second-order valence-electron chi connectivity index (χ2n) is 2.58. The van der Waals surface area contributed by atoms with Gasteiger partial charge in [0.05, 0.1) is 5.97 Å². The van der Waals surface area contributed by atoms with Gasteiger partial charge in [0.2, 0.25) is 0 Å². The first-order valence-electron chi connectivity index (χ1n) is 3.59. The Morgan fingerprint density at radius 2 is 2.00 bits per heavy atom. The second-order valence-corrected chi connectivity index (χ2v) is 2.58. The number of aryl methyl sites for hydroxylation is 1. The molecule has 0 saturated heterocycles. The first-order chi connectivity index (χ1) is 5.63. The van der Waals surface area contributed by atoms with Crippen LogP contribution in [0.4, 0.5) is 0 Å². The quantitative estimate of drug-likeness (QED) is 0.601. The molecule has 62 valence electrons. The van der Waals surface area contributed by atoms with Gasteiger partial charge in [-0.2, -0.15) is 0 Å². The number of rotatable bonds is 2. The highest BCUT2D eigenvalue weighted by Gasteiger charge is 2.01. The van der Waals surface area contributed by atoms with Gasteiger partial charge < -0.3 is 9.90 Å². The SMILES string of the molecule is C=C(C(=O)[O-])c1ccccc1C. The van der Waals surface area contributed by atoms with Crippen LogP contribution in [0.15, 0.2) is 30.8 Å². The Morgan fingerprint density at radius 1 is 1.42 bits per heavy atom. The first-order valence-corrected chi connectivity index (χ1v) is 3.59. The summed E-state index contributed by atoms with van der Waals surface area (Å²) in [4.78, 5) is 10.4. The summed E-state index contributed by atoms with van der Waals surface area (Å²) in [5.41, 5.74) is 1.57. The molecule has 0 spiro atoms. The van der Waals surface area contributed by atoms with Crippen molar-refractivity contribution >= 4 is 11.5 Å². The van der Waals surface area contributed by atoms with E-state index in [2.05, 4.69) is 6.58 Å². The van der Waals surface area contributed by atoms with Gasteiger partial charge in [-0.05, 0) is 23.6 Å². The Bertz CT molecular complexity index is 326. The van der Waals surface area contributed by atoms with E-state index in [4.69, 9.17) is 0 Å². The Labute approximate surface area is 71.2 Å². The third-order valence-corrected chi connectivity index (χ3v) is 1.72. The van der Waals surface area contributed by atoms with Crippen LogP contribution in [-0.4, -0.2) is 5.97 Å². The number of hydrogen-bond donors (Lipinski definition) is 0. The van der Waals surface area contributed by atoms with Gasteiger partial charge in [-0.25, -0.2) is 0 Å². The fraction of sp³-hybridized carbons (Fsp3) is 0.100. The molecular weight excluding hydrogens is 152 g/mol. The minimum Gasteiger partial charge on any atom is -0.545 e. The van der Waals surface area contributed by atoms with Gasteiger partial charge in [-0.3, -0.25) is 0 Å². The molecule has 1 aromatic carbocycles. The molecule has 0 bridgehead atoms. The highest BCUT2D eigenvalue weighted by molar-refractivity contribution is 6.13. The molecule has 12 heavy (non-hydrogen) atoms. The van der Waals surface area contributed by atoms with Gasteiger partial charge >= 0.3 is 0 Å². The summed E-state index contributed by atoms with van der Waals surface area (Å²) in [7, 11) is 0. The first kappa shape index (κ1) is 8.53. The standard InChI is InChI=1S/C10H10O2/c1-7-5-3-4-6-9(7)8(2)10(11)12/h3-6H,2H2,1H3,(H,11,12)/p-1. The molecule has 1 rings (SSSR count). The zero-order chi connectivity index (χ0) is 9.14. The van der Waals surface area contributed by atoms with Crippen LogP contribution in [0.1, 0.15) is 11.1 Å². The summed E-state index contributed by atoms with van der Waals surface area (Å²) in [5, 5.41) is 10.4. The van der Waals surface area contributed by atoms with Crippen molar-refractivity contribution in [1.82, 2.24) is 0 Å². The van der Waals surface area contributed by atoms with Crippen LogP contribution in [0.3, 0.4) is 0 Å². The van der Waals surface area contributed by atoms with Crippen molar-refractivity contribution in [2.24, 2.45) is 0 Å². The number of carboxylic acids is 1. The number of carbonyl (C=O) groups excluding carboxylic acids is 1. The van der Waals surface area contributed by atoms with Crippen molar-refractivity contribution in [1.29, 1.82) is 0 Å². The fourth-order valence-corrected chi connectivity index (χ4v) is 1.02. The summed E-state index contributed by atoms with van der Waals surface area (Å²) in [6, 6.07) is 7.18. The van der Waals surface area contributed by atoms with Crippen molar-refractivity contribution in [2.45, 2.75) is 6.92 Å². The zero-order valence-corrected chi connectivity index (χ0v) is 6.83.